The number of nitrogens with zero attached hydrogens (tertiary/aromatic N) is 1. The summed E-state index contributed by atoms with van der Waals surface area (Å²) in [5, 5.41) is 19.1. The van der Waals surface area contributed by atoms with Gasteiger partial charge in [0.1, 0.15) is 0 Å². The maximum Gasteiger partial charge on any atom is 0.345 e. The van der Waals surface area contributed by atoms with Crippen molar-refractivity contribution >= 4 is 40.2 Å². The molecule has 1 heterocycles. The van der Waals surface area contributed by atoms with Crippen LogP contribution in [-0.4, -0.2) is 39.9 Å². The number of para-hydroxylation sites is 1. The third-order valence-electron chi connectivity index (χ3n) is 3.03. The number of rotatable bonds is 4. The largest absolute Gasteiger partial charge is 0.479 e. The average molecular weight is 298 g/mol. The first-order valence-electron chi connectivity index (χ1n) is 5.62. The summed E-state index contributed by atoms with van der Waals surface area (Å²) in [4.78, 5) is 23.1. The Balaban J connectivity index is 2.36. The predicted octanol–water partition coefficient (Wildman–Crippen LogP) is 1.64. The molecule has 0 saturated heterocycles. The third-order valence-corrected chi connectivity index (χ3v) is 3.34. The molecule has 106 valence electrons. The van der Waals surface area contributed by atoms with E-state index >= 15 is 0 Å². The Morgan fingerprint density at radius 2 is 2.20 bits per heavy atom. The number of carboxylic acids is 1. The van der Waals surface area contributed by atoms with Crippen molar-refractivity contribution in [3.8, 4) is 0 Å². The van der Waals surface area contributed by atoms with Crippen molar-refractivity contribution in [1.82, 2.24) is 10.2 Å². The van der Waals surface area contributed by atoms with Crippen LogP contribution < -0.4 is 5.32 Å². The van der Waals surface area contributed by atoms with Crippen molar-refractivity contribution < 1.29 is 19.4 Å². The number of carboxylic acid groups (broad SMARTS) is 1. The molecule has 0 aliphatic heterocycles. The van der Waals surface area contributed by atoms with Gasteiger partial charge in [-0.2, -0.15) is 5.10 Å². The Morgan fingerprint density at radius 1 is 1.50 bits per heavy atom. The minimum Gasteiger partial charge on any atom is -0.479 e. The van der Waals surface area contributed by atoms with Crippen molar-refractivity contribution in [3.05, 3.63) is 23.2 Å². The van der Waals surface area contributed by atoms with E-state index < -0.39 is 17.5 Å². The molecule has 1 amide bonds. The lowest BCUT2D eigenvalue weighted by Gasteiger charge is -2.21. The van der Waals surface area contributed by atoms with Gasteiger partial charge in [-0.3, -0.25) is 9.89 Å². The zero-order valence-electron chi connectivity index (χ0n) is 10.7. The second-order valence-electron chi connectivity index (χ2n) is 4.23. The number of amides is 1. The van der Waals surface area contributed by atoms with E-state index in [2.05, 4.69) is 15.5 Å². The summed E-state index contributed by atoms with van der Waals surface area (Å²) in [7, 11) is 1.15. The van der Waals surface area contributed by atoms with E-state index in [1.165, 1.54) is 0 Å². The smallest absolute Gasteiger partial charge is 0.345 e. The van der Waals surface area contributed by atoms with Gasteiger partial charge < -0.3 is 15.2 Å². The summed E-state index contributed by atoms with van der Waals surface area (Å²) in [6, 6.07) is 5.07. The van der Waals surface area contributed by atoms with Gasteiger partial charge in [0.2, 0.25) is 5.60 Å². The first-order valence-corrected chi connectivity index (χ1v) is 6.00. The molecular formula is C12H12ClN3O4. The molecule has 0 spiro atoms. The number of H-pyrrole nitrogens is 1. The number of nitrogens with one attached hydrogen (secondary N) is 2. The standard InChI is InChI=1S/C12H12ClN3O4/c1-12(20-2,11(18)19)10(17)14-9-6-4-3-5-7(13)8(6)15-16-9/h3-5H,1-2H3,(H,18,19)(H2,14,15,16,17). The third kappa shape index (κ3) is 2.21. The minimum atomic E-state index is -2.00. The molecule has 1 atom stereocenters. The molecule has 7 nitrogen and oxygen atoms in total. The van der Waals surface area contributed by atoms with Gasteiger partial charge in [0, 0.05) is 12.5 Å². The quantitative estimate of drug-likeness (QED) is 0.744. The van der Waals surface area contributed by atoms with E-state index in [-0.39, 0.29) is 5.82 Å². The van der Waals surface area contributed by atoms with E-state index in [9.17, 15) is 9.59 Å². The highest BCUT2D eigenvalue weighted by Crippen LogP contribution is 2.27. The zero-order chi connectivity index (χ0) is 14.9. The fraction of sp³-hybridized carbons (Fsp3) is 0.250. The summed E-state index contributed by atoms with van der Waals surface area (Å²) in [6.45, 7) is 1.16. The fourth-order valence-corrected chi connectivity index (χ4v) is 1.82. The molecule has 0 aliphatic carbocycles. The van der Waals surface area contributed by atoms with Gasteiger partial charge in [0.15, 0.2) is 5.82 Å². The van der Waals surface area contributed by atoms with Crippen LogP contribution in [-0.2, 0) is 14.3 Å². The number of aliphatic carboxylic acids is 1. The van der Waals surface area contributed by atoms with Crippen molar-refractivity contribution in [2.75, 3.05) is 12.4 Å². The second-order valence-corrected chi connectivity index (χ2v) is 4.64. The summed E-state index contributed by atoms with van der Waals surface area (Å²) in [5.74, 6) is -2.03. The van der Waals surface area contributed by atoms with Gasteiger partial charge in [0.25, 0.3) is 5.91 Å². The molecule has 1 aromatic carbocycles. The van der Waals surface area contributed by atoms with E-state index in [1.54, 1.807) is 18.2 Å². The second kappa shape index (κ2) is 5.10. The number of aromatic amines is 1. The Hall–Kier alpha value is -2.12. The normalized spacial score (nSPS) is 13.9. The van der Waals surface area contributed by atoms with E-state index in [4.69, 9.17) is 21.4 Å². The number of methoxy groups -OCH3 is 1. The van der Waals surface area contributed by atoms with Crippen LogP contribution in [0.15, 0.2) is 18.2 Å². The SMILES string of the molecule is COC(C)(C(=O)O)C(=O)Nc1n[nH]c2c(Cl)cccc12. The number of halogens is 1. The van der Waals surface area contributed by atoms with E-state index in [0.29, 0.717) is 15.9 Å². The van der Waals surface area contributed by atoms with Gasteiger partial charge in [-0.15, -0.1) is 0 Å². The topological polar surface area (TPSA) is 104 Å². The molecule has 0 fully saturated rings. The molecule has 2 rings (SSSR count). The van der Waals surface area contributed by atoms with Gasteiger partial charge in [-0.1, -0.05) is 17.7 Å². The van der Waals surface area contributed by atoms with Crippen LogP contribution in [0.4, 0.5) is 5.82 Å². The molecule has 8 heteroatoms. The molecule has 20 heavy (non-hydrogen) atoms. The zero-order valence-corrected chi connectivity index (χ0v) is 11.5. The summed E-state index contributed by atoms with van der Waals surface area (Å²) >= 11 is 5.97. The number of hydrogen-bond acceptors (Lipinski definition) is 4. The van der Waals surface area contributed by atoms with Crippen LogP contribution in [0, 0.1) is 0 Å². The van der Waals surface area contributed by atoms with Crippen LogP contribution in [0.2, 0.25) is 5.02 Å². The van der Waals surface area contributed by atoms with Crippen LogP contribution >= 0.6 is 11.6 Å². The van der Waals surface area contributed by atoms with Gasteiger partial charge >= 0.3 is 5.97 Å². The summed E-state index contributed by atoms with van der Waals surface area (Å²) in [5.41, 5.74) is -1.44. The van der Waals surface area contributed by atoms with Crippen molar-refractivity contribution in [1.29, 1.82) is 0 Å². The molecule has 1 aromatic heterocycles. The lowest BCUT2D eigenvalue weighted by Crippen LogP contribution is -2.48. The Morgan fingerprint density at radius 3 is 2.80 bits per heavy atom. The van der Waals surface area contributed by atoms with Crippen LogP contribution in [0.1, 0.15) is 6.92 Å². The highest BCUT2D eigenvalue weighted by atomic mass is 35.5. The number of carbonyl (C=O) groups is 2. The first kappa shape index (κ1) is 14.3. The molecule has 1 unspecified atom stereocenters. The van der Waals surface area contributed by atoms with Crippen LogP contribution in [0.3, 0.4) is 0 Å². The lowest BCUT2D eigenvalue weighted by molar-refractivity contribution is -0.165. The lowest BCUT2D eigenvalue weighted by atomic mass is 10.1. The molecular weight excluding hydrogens is 286 g/mol. The van der Waals surface area contributed by atoms with Crippen molar-refractivity contribution in [2.24, 2.45) is 0 Å². The number of benzene rings is 1. The van der Waals surface area contributed by atoms with E-state index in [1.807, 2.05) is 0 Å². The minimum absolute atomic E-state index is 0.192. The molecule has 0 bridgehead atoms. The Bertz CT molecular complexity index is 684. The first-order chi connectivity index (χ1) is 9.40. The number of ether oxygens (including phenoxy) is 1. The highest BCUT2D eigenvalue weighted by molar-refractivity contribution is 6.35. The molecule has 2 aromatic rings. The summed E-state index contributed by atoms with van der Waals surface area (Å²) in [6.07, 6.45) is 0. The predicted molar refractivity (Wildman–Crippen MR) is 72.8 cm³/mol. The molecule has 0 aliphatic rings. The van der Waals surface area contributed by atoms with Gasteiger partial charge in [0.05, 0.1) is 10.5 Å². The maximum atomic E-state index is 12.0. The van der Waals surface area contributed by atoms with Crippen LogP contribution in [0.25, 0.3) is 10.9 Å². The van der Waals surface area contributed by atoms with Crippen molar-refractivity contribution in [3.63, 3.8) is 0 Å². The monoisotopic (exact) mass is 297 g/mol. The van der Waals surface area contributed by atoms with Crippen molar-refractivity contribution in [2.45, 2.75) is 12.5 Å². The number of fused-ring (bicyclic) bond motifs is 1. The number of anilines is 1. The summed E-state index contributed by atoms with van der Waals surface area (Å²) < 4.78 is 4.77. The van der Waals surface area contributed by atoms with E-state index in [0.717, 1.165) is 14.0 Å². The fourth-order valence-electron chi connectivity index (χ4n) is 1.61. The van der Waals surface area contributed by atoms with Gasteiger partial charge in [-0.25, -0.2) is 4.79 Å². The average Bonchev–Trinajstić information content (AvgIpc) is 2.82. The Kier molecular flexibility index (Phi) is 3.65. The highest BCUT2D eigenvalue weighted by Gasteiger charge is 2.42. The van der Waals surface area contributed by atoms with Crippen LogP contribution in [0.5, 0.6) is 0 Å². The van der Waals surface area contributed by atoms with Gasteiger partial charge in [-0.05, 0) is 19.1 Å². The molecule has 0 radical (unpaired) electrons. The molecule has 0 saturated carbocycles. The number of hydrogen-bond donors (Lipinski definition) is 3. The molecule has 3 N–H and O–H groups in total. The number of aromatic nitrogens is 2. The Labute approximate surface area is 118 Å². The maximum absolute atomic E-state index is 12.0. The number of carbonyl (C=O) groups excluding carboxylic acids is 1.